The first kappa shape index (κ1) is 13.0. The van der Waals surface area contributed by atoms with Crippen LogP contribution in [0.1, 0.15) is 49.7 Å². The van der Waals surface area contributed by atoms with Crippen LogP contribution in [-0.2, 0) is 6.54 Å². The molecule has 19 heavy (non-hydrogen) atoms. The first-order valence-corrected chi connectivity index (χ1v) is 7.86. The standard InChI is InChI=1S/C17H26N2/c1-13-11-16(9-8-15(13)12-18)19-10-4-7-17(19)14-5-2-3-6-14/h8-9,11,14,17H,2-7,10,12,18H2,1H3. The number of aryl methyl sites for hydroxylation is 1. The molecule has 0 aromatic heterocycles. The van der Waals surface area contributed by atoms with Crippen molar-refractivity contribution in [3.05, 3.63) is 29.3 Å². The molecule has 0 amide bonds. The Morgan fingerprint density at radius 3 is 2.63 bits per heavy atom. The number of nitrogens with two attached hydrogens (primary N) is 1. The van der Waals surface area contributed by atoms with Crippen molar-refractivity contribution in [3.8, 4) is 0 Å². The average Bonchev–Trinajstić information content (AvgIpc) is 3.09. The van der Waals surface area contributed by atoms with Crippen molar-refractivity contribution in [2.75, 3.05) is 11.4 Å². The summed E-state index contributed by atoms with van der Waals surface area (Å²) in [7, 11) is 0. The van der Waals surface area contributed by atoms with Crippen LogP contribution < -0.4 is 10.6 Å². The van der Waals surface area contributed by atoms with Gasteiger partial charge in [0.1, 0.15) is 0 Å². The highest BCUT2D eigenvalue weighted by Gasteiger charge is 2.33. The highest BCUT2D eigenvalue weighted by molar-refractivity contribution is 5.52. The topological polar surface area (TPSA) is 29.3 Å². The molecule has 104 valence electrons. The van der Waals surface area contributed by atoms with Crippen molar-refractivity contribution < 1.29 is 0 Å². The number of nitrogens with zero attached hydrogens (tertiary/aromatic N) is 1. The van der Waals surface area contributed by atoms with Crippen LogP contribution in [0, 0.1) is 12.8 Å². The van der Waals surface area contributed by atoms with E-state index in [1.54, 1.807) is 0 Å². The van der Waals surface area contributed by atoms with Crippen molar-refractivity contribution in [2.45, 2.75) is 58.0 Å². The van der Waals surface area contributed by atoms with E-state index in [0.717, 1.165) is 12.0 Å². The van der Waals surface area contributed by atoms with Crippen LogP contribution in [-0.4, -0.2) is 12.6 Å². The van der Waals surface area contributed by atoms with Gasteiger partial charge in [0.15, 0.2) is 0 Å². The zero-order chi connectivity index (χ0) is 13.2. The molecule has 1 aromatic carbocycles. The van der Waals surface area contributed by atoms with Gasteiger partial charge in [0.2, 0.25) is 0 Å². The van der Waals surface area contributed by atoms with Gasteiger partial charge in [-0.1, -0.05) is 18.9 Å². The molecule has 2 heteroatoms. The Labute approximate surface area is 117 Å². The van der Waals surface area contributed by atoms with Crippen molar-refractivity contribution in [2.24, 2.45) is 11.7 Å². The van der Waals surface area contributed by atoms with Crippen LogP contribution in [0.25, 0.3) is 0 Å². The van der Waals surface area contributed by atoms with E-state index in [4.69, 9.17) is 5.73 Å². The van der Waals surface area contributed by atoms with Gasteiger partial charge >= 0.3 is 0 Å². The predicted octanol–water partition coefficient (Wildman–Crippen LogP) is 3.61. The fourth-order valence-electron chi connectivity index (χ4n) is 4.03. The van der Waals surface area contributed by atoms with Crippen LogP contribution in [0.3, 0.4) is 0 Å². The maximum Gasteiger partial charge on any atom is 0.0371 e. The normalized spacial score (nSPS) is 24.3. The predicted molar refractivity (Wildman–Crippen MR) is 81.4 cm³/mol. The van der Waals surface area contributed by atoms with Crippen LogP contribution in [0.2, 0.25) is 0 Å². The molecule has 1 heterocycles. The number of rotatable bonds is 3. The maximum absolute atomic E-state index is 5.77. The Bertz CT molecular complexity index is 435. The second kappa shape index (κ2) is 5.54. The third kappa shape index (κ3) is 2.51. The molecule has 1 aromatic rings. The third-order valence-corrected chi connectivity index (χ3v) is 5.12. The number of hydrogen-bond donors (Lipinski definition) is 1. The number of benzene rings is 1. The SMILES string of the molecule is Cc1cc(N2CCCC2C2CCCC2)ccc1CN. The molecule has 3 rings (SSSR count). The van der Waals surface area contributed by atoms with E-state index in [1.165, 1.54) is 61.9 Å². The summed E-state index contributed by atoms with van der Waals surface area (Å²) in [5.41, 5.74) is 9.81. The summed E-state index contributed by atoms with van der Waals surface area (Å²) in [4.78, 5) is 2.67. The summed E-state index contributed by atoms with van der Waals surface area (Å²) < 4.78 is 0. The molecular weight excluding hydrogens is 232 g/mol. The van der Waals surface area contributed by atoms with Gasteiger partial charge < -0.3 is 10.6 Å². The van der Waals surface area contributed by atoms with E-state index in [0.29, 0.717) is 6.54 Å². The lowest BCUT2D eigenvalue weighted by Gasteiger charge is -2.31. The van der Waals surface area contributed by atoms with Crippen molar-refractivity contribution in [1.82, 2.24) is 0 Å². The monoisotopic (exact) mass is 258 g/mol. The van der Waals surface area contributed by atoms with Gasteiger partial charge in [0.25, 0.3) is 0 Å². The molecule has 0 radical (unpaired) electrons. The third-order valence-electron chi connectivity index (χ3n) is 5.12. The first-order chi connectivity index (χ1) is 9.29. The van der Waals surface area contributed by atoms with Gasteiger partial charge in [-0.25, -0.2) is 0 Å². The van der Waals surface area contributed by atoms with Crippen LogP contribution in [0.5, 0.6) is 0 Å². The molecule has 2 fully saturated rings. The van der Waals surface area contributed by atoms with Crippen LogP contribution in [0.4, 0.5) is 5.69 Å². The largest absolute Gasteiger partial charge is 0.368 e. The highest BCUT2D eigenvalue weighted by atomic mass is 15.2. The summed E-state index contributed by atoms with van der Waals surface area (Å²) >= 11 is 0. The lowest BCUT2D eigenvalue weighted by molar-refractivity contribution is 0.431. The Balaban J connectivity index is 1.81. The summed E-state index contributed by atoms with van der Waals surface area (Å²) in [6.45, 7) is 4.08. The number of hydrogen-bond acceptors (Lipinski definition) is 2. The van der Waals surface area contributed by atoms with Crippen LogP contribution >= 0.6 is 0 Å². The van der Waals surface area contributed by atoms with Gasteiger partial charge in [0, 0.05) is 24.8 Å². The zero-order valence-corrected chi connectivity index (χ0v) is 12.1. The van der Waals surface area contributed by atoms with E-state index in [9.17, 15) is 0 Å². The van der Waals surface area contributed by atoms with E-state index < -0.39 is 0 Å². The summed E-state index contributed by atoms with van der Waals surface area (Å²) in [6.07, 6.45) is 8.53. The lowest BCUT2D eigenvalue weighted by atomic mass is 9.95. The van der Waals surface area contributed by atoms with E-state index in [1.807, 2.05) is 0 Å². The fourth-order valence-corrected chi connectivity index (χ4v) is 4.03. The van der Waals surface area contributed by atoms with E-state index in [2.05, 4.69) is 30.0 Å². The Morgan fingerprint density at radius 2 is 1.95 bits per heavy atom. The van der Waals surface area contributed by atoms with Gasteiger partial charge in [0.05, 0.1) is 0 Å². The molecule has 1 atom stereocenters. The summed E-state index contributed by atoms with van der Waals surface area (Å²) in [6, 6.07) is 7.64. The average molecular weight is 258 g/mol. The molecule has 1 aliphatic heterocycles. The first-order valence-electron chi connectivity index (χ1n) is 7.86. The lowest BCUT2D eigenvalue weighted by Crippen LogP contribution is -2.34. The minimum absolute atomic E-state index is 0.651. The molecule has 2 nitrogen and oxygen atoms in total. The molecule has 1 saturated heterocycles. The van der Waals surface area contributed by atoms with Gasteiger partial charge in [-0.05, 0) is 61.8 Å². The fraction of sp³-hybridized carbons (Fsp3) is 0.647. The Morgan fingerprint density at radius 1 is 1.16 bits per heavy atom. The van der Waals surface area contributed by atoms with Gasteiger partial charge in [-0.3, -0.25) is 0 Å². The van der Waals surface area contributed by atoms with Crippen molar-refractivity contribution in [1.29, 1.82) is 0 Å². The smallest absolute Gasteiger partial charge is 0.0371 e. The molecule has 0 spiro atoms. The molecular formula is C17H26N2. The highest BCUT2D eigenvalue weighted by Crippen LogP contribution is 2.38. The van der Waals surface area contributed by atoms with Gasteiger partial charge in [-0.2, -0.15) is 0 Å². The van der Waals surface area contributed by atoms with Crippen LogP contribution in [0.15, 0.2) is 18.2 Å². The second-order valence-electron chi connectivity index (χ2n) is 6.26. The minimum atomic E-state index is 0.651. The van der Waals surface area contributed by atoms with Crippen molar-refractivity contribution >= 4 is 5.69 Å². The summed E-state index contributed by atoms with van der Waals surface area (Å²) in [5, 5.41) is 0. The summed E-state index contributed by atoms with van der Waals surface area (Å²) in [5.74, 6) is 0.942. The number of anilines is 1. The Kier molecular flexibility index (Phi) is 3.79. The zero-order valence-electron chi connectivity index (χ0n) is 12.1. The quantitative estimate of drug-likeness (QED) is 0.897. The van der Waals surface area contributed by atoms with E-state index in [-0.39, 0.29) is 0 Å². The molecule has 1 aliphatic carbocycles. The second-order valence-corrected chi connectivity index (χ2v) is 6.26. The molecule has 0 bridgehead atoms. The Hall–Kier alpha value is -1.02. The minimum Gasteiger partial charge on any atom is -0.368 e. The molecule has 1 unspecified atom stereocenters. The van der Waals surface area contributed by atoms with Gasteiger partial charge in [-0.15, -0.1) is 0 Å². The molecule has 2 N–H and O–H groups in total. The molecule has 1 saturated carbocycles. The molecule has 2 aliphatic rings. The maximum atomic E-state index is 5.77. The van der Waals surface area contributed by atoms with E-state index >= 15 is 0 Å². The van der Waals surface area contributed by atoms with Crippen molar-refractivity contribution in [3.63, 3.8) is 0 Å².